The van der Waals surface area contributed by atoms with Gasteiger partial charge in [0.1, 0.15) is 0 Å². The molecule has 2 aromatic rings. The zero-order valence-electron chi connectivity index (χ0n) is 15.4. The summed E-state index contributed by atoms with van der Waals surface area (Å²) in [6.07, 6.45) is 3.09. The van der Waals surface area contributed by atoms with Crippen LogP contribution in [-0.4, -0.2) is 33.6 Å². The largest absolute Gasteiger partial charge is 0.360 e. The van der Waals surface area contributed by atoms with E-state index in [-0.39, 0.29) is 0 Å². The number of anilines is 1. The second-order valence-corrected chi connectivity index (χ2v) is 7.42. The number of rotatable bonds is 5. The number of hydrogen-bond donors (Lipinski definition) is 3. The van der Waals surface area contributed by atoms with Gasteiger partial charge in [0.2, 0.25) is 11.9 Å². The van der Waals surface area contributed by atoms with Crippen LogP contribution in [0, 0.1) is 13.8 Å². The highest BCUT2D eigenvalue weighted by Gasteiger charge is 2.22. The lowest BCUT2D eigenvalue weighted by molar-refractivity contribution is 0.894. The van der Waals surface area contributed by atoms with Crippen LogP contribution in [0.5, 0.6) is 0 Å². The highest BCUT2D eigenvalue weighted by Crippen LogP contribution is 2.18. The van der Waals surface area contributed by atoms with Gasteiger partial charge in [-0.05, 0) is 69.1 Å². The number of aliphatic imine (C=N–C) groups is 1. The van der Waals surface area contributed by atoms with E-state index in [4.69, 9.17) is 23.8 Å². The molecule has 1 aromatic heterocycles. The van der Waals surface area contributed by atoms with Crippen molar-refractivity contribution in [1.82, 2.24) is 20.6 Å². The maximum Gasteiger partial charge on any atom is 0.229 e. The molecular formula is C19H23ClN6S. The number of aromatic nitrogens is 2. The van der Waals surface area contributed by atoms with Crippen molar-refractivity contribution in [2.45, 2.75) is 39.2 Å². The van der Waals surface area contributed by atoms with Crippen LogP contribution in [0.2, 0.25) is 5.02 Å². The molecule has 0 amide bonds. The normalized spacial score (nSPS) is 14.0. The summed E-state index contributed by atoms with van der Waals surface area (Å²) in [6.45, 7) is 4.46. The molecule has 0 spiro atoms. The van der Waals surface area contributed by atoms with E-state index in [1.807, 2.05) is 44.2 Å². The maximum absolute atomic E-state index is 5.93. The zero-order valence-corrected chi connectivity index (χ0v) is 17.0. The summed E-state index contributed by atoms with van der Waals surface area (Å²) >= 11 is 11.3. The van der Waals surface area contributed by atoms with E-state index in [2.05, 4.69) is 30.9 Å². The molecule has 1 heterocycles. The molecule has 0 bridgehead atoms. The van der Waals surface area contributed by atoms with Crippen LogP contribution < -0.4 is 16.0 Å². The van der Waals surface area contributed by atoms with Crippen molar-refractivity contribution >= 4 is 40.8 Å². The van der Waals surface area contributed by atoms with E-state index in [9.17, 15) is 0 Å². The van der Waals surface area contributed by atoms with Crippen LogP contribution in [0.25, 0.3) is 0 Å². The number of thiocarbonyl (C=S) groups is 1. The summed E-state index contributed by atoms with van der Waals surface area (Å²) in [5.41, 5.74) is 2.96. The Balaban J connectivity index is 1.67. The van der Waals surface area contributed by atoms with Crippen molar-refractivity contribution in [3.8, 4) is 0 Å². The fraction of sp³-hybridized carbons (Fsp3) is 0.368. The highest BCUT2D eigenvalue weighted by molar-refractivity contribution is 7.80. The Morgan fingerprint density at radius 2 is 1.85 bits per heavy atom. The van der Waals surface area contributed by atoms with E-state index in [1.165, 1.54) is 5.56 Å². The number of nitrogens with zero attached hydrogens (tertiary/aromatic N) is 3. The molecule has 27 heavy (non-hydrogen) atoms. The molecule has 0 radical (unpaired) electrons. The summed E-state index contributed by atoms with van der Waals surface area (Å²) in [5, 5.41) is 10.8. The van der Waals surface area contributed by atoms with Gasteiger partial charge in [0.05, 0.1) is 0 Å². The molecule has 8 heteroatoms. The molecule has 1 saturated carbocycles. The lowest BCUT2D eigenvalue weighted by Crippen LogP contribution is -2.43. The number of benzene rings is 1. The second-order valence-electron chi connectivity index (χ2n) is 6.58. The van der Waals surface area contributed by atoms with Crippen molar-refractivity contribution in [2.75, 3.05) is 11.9 Å². The number of nitrogens with one attached hydrogen (secondary N) is 3. The van der Waals surface area contributed by atoms with Gasteiger partial charge in [-0.25, -0.2) is 9.97 Å². The monoisotopic (exact) mass is 402 g/mol. The van der Waals surface area contributed by atoms with Gasteiger partial charge in [-0.1, -0.05) is 23.7 Å². The molecule has 0 saturated heterocycles. The number of halogens is 1. The first-order valence-corrected chi connectivity index (χ1v) is 9.72. The van der Waals surface area contributed by atoms with Gasteiger partial charge in [0, 0.05) is 29.0 Å². The van der Waals surface area contributed by atoms with Crippen LogP contribution in [0.4, 0.5) is 5.95 Å². The Bertz CT molecular complexity index is 812. The van der Waals surface area contributed by atoms with Gasteiger partial charge in [0.25, 0.3) is 0 Å². The molecule has 1 aromatic carbocycles. The Labute approximate surface area is 169 Å². The van der Waals surface area contributed by atoms with Gasteiger partial charge < -0.3 is 10.6 Å². The molecule has 0 unspecified atom stereocenters. The van der Waals surface area contributed by atoms with Crippen molar-refractivity contribution < 1.29 is 0 Å². The first kappa shape index (κ1) is 19.5. The third-order valence-electron chi connectivity index (χ3n) is 3.94. The summed E-state index contributed by atoms with van der Waals surface area (Å²) in [7, 11) is 0. The predicted molar refractivity (Wildman–Crippen MR) is 114 cm³/mol. The Morgan fingerprint density at radius 1 is 1.19 bits per heavy atom. The second kappa shape index (κ2) is 9.10. The molecule has 0 aliphatic heterocycles. The first-order chi connectivity index (χ1) is 13.0. The van der Waals surface area contributed by atoms with Crippen LogP contribution in [0.3, 0.4) is 0 Å². The topological polar surface area (TPSA) is 74.2 Å². The van der Waals surface area contributed by atoms with Crippen molar-refractivity contribution in [2.24, 2.45) is 4.99 Å². The average molecular weight is 403 g/mol. The minimum atomic E-state index is 0.470. The minimum absolute atomic E-state index is 0.470. The molecule has 0 atom stereocenters. The summed E-state index contributed by atoms with van der Waals surface area (Å²) in [6, 6.07) is 10.2. The van der Waals surface area contributed by atoms with Gasteiger partial charge >= 0.3 is 0 Å². The van der Waals surface area contributed by atoms with Crippen molar-refractivity contribution in [1.29, 1.82) is 0 Å². The molecule has 1 fully saturated rings. The van der Waals surface area contributed by atoms with Gasteiger partial charge in [-0.15, -0.1) is 0 Å². The molecule has 142 valence electrons. The molecule has 6 nitrogen and oxygen atoms in total. The van der Waals surface area contributed by atoms with Gasteiger partial charge in [-0.3, -0.25) is 10.3 Å². The molecular weight excluding hydrogens is 380 g/mol. The van der Waals surface area contributed by atoms with Crippen LogP contribution >= 0.6 is 23.8 Å². The van der Waals surface area contributed by atoms with Gasteiger partial charge in [-0.2, -0.15) is 0 Å². The highest BCUT2D eigenvalue weighted by atomic mass is 35.5. The number of guanidine groups is 1. The summed E-state index contributed by atoms with van der Waals surface area (Å²) in [4.78, 5) is 13.4. The quantitative estimate of drug-likeness (QED) is 0.404. The van der Waals surface area contributed by atoms with Crippen LogP contribution in [0.15, 0.2) is 35.3 Å². The van der Waals surface area contributed by atoms with Crippen LogP contribution in [-0.2, 0) is 6.42 Å². The standard InChI is InChI=1S/C19H23ClN6S/c1-12-11-13(2)23-18(22-12)25-17(26-19(27)24-16-7-8-16)21-10-9-14-3-5-15(20)6-4-14/h3-6,11,16H,7-10H2,1-2H3,(H3,21,22,23,24,25,26,27). The Kier molecular flexibility index (Phi) is 6.58. The molecule has 1 aliphatic rings. The first-order valence-electron chi connectivity index (χ1n) is 8.93. The van der Waals surface area contributed by atoms with E-state index in [1.54, 1.807) is 0 Å². The lowest BCUT2D eigenvalue weighted by Gasteiger charge is -2.14. The SMILES string of the molecule is Cc1cc(C)nc(NC(=NCCc2ccc(Cl)cc2)NC(=S)NC2CC2)n1. The van der Waals surface area contributed by atoms with E-state index >= 15 is 0 Å². The minimum Gasteiger partial charge on any atom is -0.360 e. The molecule has 3 N–H and O–H groups in total. The number of aryl methyl sites for hydroxylation is 2. The molecule has 1 aliphatic carbocycles. The third-order valence-corrected chi connectivity index (χ3v) is 4.41. The fourth-order valence-electron chi connectivity index (χ4n) is 2.50. The fourth-order valence-corrected chi connectivity index (χ4v) is 2.89. The smallest absolute Gasteiger partial charge is 0.229 e. The Morgan fingerprint density at radius 3 is 2.48 bits per heavy atom. The van der Waals surface area contributed by atoms with E-state index < -0.39 is 0 Å². The summed E-state index contributed by atoms with van der Waals surface area (Å²) in [5.74, 6) is 1.03. The van der Waals surface area contributed by atoms with E-state index in [0.29, 0.717) is 29.6 Å². The van der Waals surface area contributed by atoms with Gasteiger partial charge in [0.15, 0.2) is 5.11 Å². The zero-order chi connectivity index (χ0) is 19.2. The molecule has 3 rings (SSSR count). The maximum atomic E-state index is 5.93. The average Bonchev–Trinajstić information content (AvgIpc) is 3.39. The number of hydrogen-bond acceptors (Lipinski definition) is 4. The van der Waals surface area contributed by atoms with Crippen molar-refractivity contribution in [3.63, 3.8) is 0 Å². The predicted octanol–water partition coefficient (Wildman–Crippen LogP) is 3.38. The third kappa shape index (κ3) is 6.77. The lowest BCUT2D eigenvalue weighted by atomic mass is 10.1. The van der Waals surface area contributed by atoms with E-state index in [0.717, 1.165) is 35.7 Å². The Hall–Kier alpha value is -2.25. The van der Waals surface area contributed by atoms with Crippen molar-refractivity contribution in [3.05, 3.63) is 52.3 Å². The van der Waals surface area contributed by atoms with Crippen LogP contribution in [0.1, 0.15) is 29.8 Å². The summed E-state index contributed by atoms with van der Waals surface area (Å²) < 4.78 is 0.